The van der Waals surface area contributed by atoms with Crippen molar-refractivity contribution in [2.75, 3.05) is 7.11 Å². The second kappa shape index (κ2) is 3.59. The Balaban J connectivity index is 3.23. The molecule has 0 radical (unpaired) electrons. The Kier molecular flexibility index (Phi) is 2.72. The molecule has 1 atom stereocenters. The summed E-state index contributed by atoms with van der Waals surface area (Å²) >= 11 is -2.35. The largest absolute Gasteiger partial charge is 0.479 e. The summed E-state index contributed by atoms with van der Waals surface area (Å²) in [6.45, 7) is 0. The van der Waals surface area contributed by atoms with Gasteiger partial charge in [-0.15, -0.1) is 0 Å². The molecule has 1 heterocycles. The average molecular weight is 191 g/mol. The van der Waals surface area contributed by atoms with Crippen molar-refractivity contribution in [3.8, 4) is 5.88 Å². The maximum Gasteiger partial charge on any atom is 0.251 e. The third-order valence-electron chi connectivity index (χ3n) is 1.20. The summed E-state index contributed by atoms with van der Waals surface area (Å²) in [6, 6.07) is 1.12. The van der Waals surface area contributed by atoms with Crippen molar-refractivity contribution in [3.05, 3.63) is 18.1 Å². The van der Waals surface area contributed by atoms with Gasteiger partial charge < -0.3 is 9.29 Å². The summed E-state index contributed by atoms with van der Waals surface area (Å²) in [5, 5.41) is 0. The van der Waals surface area contributed by atoms with Gasteiger partial charge in [-0.3, -0.25) is 0 Å². The number of nitrogens with zero attached hydrogens (tertiary/aromatic N) is 1. The Morgan fingerprint density at radius 2 is 2.42 bits per heavy atom. The van der Waals surface area contributed by atoms with Crippen LogP contribution in [0.25, 0.3) is 0 Å². The molecule has 12 heavy (non-hydrogen) atoms. The minimum absolute atomic E-state index is 0.282. The van der Waals surface area contributed by atoms with Crippen LogP contribution >= 0.6 is 0 Å². The van der Waals surface area contributed by atoms with Gasteiger partial charge in [-0.2, -0.15) is 4.39 Å². The van der Waals surface area contributed by atoms with Crippen molar-refractivity contribution in [1.29, 1.82) is 0 Å². The van der Waals surface area contributed by atoms with E-state index in [1.807, 2.05) is 0 Å². The fraction of sp³-hybridized carbons (Fsp3) is 0.167. The Bertz CT molecular complexity index is 318. The summed E-state index contributed by atoms with van der Waals surface area (Å²) in [5.74, 6) is -1.18. The molecule has 0 aliphatic rings. The zero-order valence-corrected chi connectivity index (χ0v) is 6.97. The van der Waals surface area contributed by atoms with Crippen molar-refractivity contribution in [3.63, 3.8) is 0 Å². The van der Waals surface area contributed by atoms with Crippen LogP contribution in [0.2, 0.25) is 0 Å². The van der Waals surface area contributed by atoms with Crippen LogP contribution in [0.3, 0.4) is 0 Å². The molecule has 0 aromatic carbocycles. The summed E-state index contributed by atoms with van der Waals surface area (Å²) < 4.78 is 36.5. The van der Waals surface area contributed by atoms with Crippen molar-refractivity contribution < 1.29 is 17.9 Å². The minimum Gasteiger partial charge on any atom is -0.479 e. The van der Waals surface area contributed by atoms with Gasteiger partial charge in [-0.1, -0.05) is 0 Å². The monoisotopic (exact) mass is 191 g/mol. The lowest BCUT2D eigenvalue weighted by atomic mass is 10.4. The molecule has 6 heteroatoms. The molecule has 1 rings (SSSR count). The average Bonchev–Trinajstić information content (AvgIpc) is 2.04. The molecule has 1 aromatic heterocycles. The van der Waals surface area contributed by atoms with Gasteiger partial charge in [0.05, 0.1) is 7.11 Å². The molecule has 0 saturated heterocycles. The normalized spacial score (nSPS) is 12.6. The van der Waals surface area contributed by atoms with Crippen molar-refractivity contribution in [1.82, 2.24) is 4.98 Å². The molecule has 1 aromatic rings. The minimum atomic E-state index is -2.35. The standard InChI is InChI=1S/C6H6FNO3S/c1-11-6-5(7)4(12(9)10)2-3-8-6/h2-3H,1H3,(H,9,10). The van der Waals surface area contributed by atoms with E-state index < -0.39 is 16.9 Å². The third-order valence-corrected chi connectivity index (χ3v) is 1.89. The summed E-state index contributed by atoms with van der Waals surface area (Å²) in [4.78, 5) is 3.17. The van der Waals surface area contributed by atoms with E-state index in [-0.39, 0.29) is 10.8 Å². The van der Waals surface area contributed by atoms with Gasteiger partial charge in [0.25, 0.3) is 5.88 Å². The fourth-order valence-electron chi connectivity index (χ4n) is 0.685. The number of ether oxygens (including phenoxy) is 1. The van der Waals surface area contributed by atoms with Gasteiger partial charge in [-0.25, -0.2) is 9.19 Å². The van der Waals surface area contributed by atoms with Crippen LogP contribution in [0.1, 0.15) is 0 Å². The van der Waals surface area contributed by atoms with Crippen LogP contribution in [0, 0.1) is 5.82 Å². The molecule has 0 bridgehead atoms. The van der Waals surface area contributed by atoms with E-state index in [9.17, 15) is 8.60 Å². The van der Waals surface area contributed by atoms with Gasteiger partial charge in [0.1, 0.15) is 4.90 Å². The molecular weight excluding hydrogens is 185 g/mol. The highest BCUT2D eigenvalue weighted by molar-refractivity contribution is 7.79. The van der Waals surface area contributed by atoms with E-state index >= 15 is 0 Å². The van der Waals surface area contributed by atoms with Crippen LogP contribution < -0.4 is 4.74 Å². The smallest absolute Gasteiger partial charge is 0.251 e. The van der Waals surface area contributed by atoms with Crippen molar-refractivity contribution >= 4 is 11.1 Å². The summed E-state index contributed by atoms with van der Waals surface area (Å²) in [7, 11) is 1.23. The first-order valence-corrected chi connectivity index (χ1v) is 4.07. The number of aromatic nitrogens is 1. The molecule has 4 nitrogen and oxygen atoms in total. The second-order valence-corrected chi connectivity index (χ2v) is 2.82. The number of methoxy groups -OCH3 is 1. The van der Waals surface area contributed by atoms with Crippen LogP contribution in [-0.4, -0.2) is 20.9 Å². The predicted molar refractivity (Wildman–Crippen MR) is 39.8 cm³/mol. The molecule has 66 valence electrons. The molecule has 0 spiro atoms. The number of hydrogen-bond acceptors (Lipinski definition) is 3. The number of halogens is 1. The topological polar surface area (TPSA) is 59.4 Å². The zero-order chi connectivity index (χ0) is 9.14. The number of rotatable bonds is 2. The molecule has 0 amide bonds. The maximum absolute atomic E-state index is 13.0. The van der Waals surface area contributed by atoms with Crippen LogP contribution in [0.5, 0.6) is 5.88 Å². The summed E-state index contributed by atoms with van der Waals surface area (Å²) in [5.41, 5.74) is 0. The van der Waals surface area contributed by atoms with Gasteiger partial charge in [0, 0.05) is 6.20 Å². The Morgan fingerprint density at radius 3 is 2.92 bits per heavy atom. The molecule has 0 aliphatic carbocycles. The third kappa shape index (κ3) is 1.59. The Labute approximate surface area is 70.7 Å². The Morgan fingerprint density at radius 1 is 1.75 bits per heavy atom. The van der Waals surface area contributed by atoms with Crippen LogP contribution in [-0.2, 0) is 11.1 Å². The molecule has 1 N–H and O–H groups in total. The number of pyridine rings is 1. The lowest BCUT2D eigenvalue weighted by Crippen LogP contribution is -1.98. The fourth-order valence-corrected chi connectivity index (χ4v) is 1.10. The van der Waals surface area contributed by atoms with E-state index in [4.69, 9.17) is 4.55 Å². The molecule has 0 fully saturated rings. The highest BCUT2D eigenvalue weighted by Gasteiger charge is 2.13. The van der Waals surface area contributed by atoms with E-state index in [0.717, 1.165) is 6.07 Å². The molecule has 1 unspecified atom stereocenters. The second-order valence-electron chi connectivity index (χ2n) is 1.88. The SMILES string of the molecule is COc1nccc(S(=O)O)c1F. The van der Waals surface area contributed by atoms with E-state index in [2.05, 4.69) is 9.72 Å². The molecule has 0 aliphatic heterocycles. The van der Waals surface area contributed by atoms with Crippen molar-refractivity contribution in [2.24, 2.45) is 0 Å². The van der Waals surface area contributed by atoms with E-state index in [1.54, 1.807) is 0 Å². The van der Waals surface area contributed by atoms with Gasteiger partial charge in [0.2, 0.25) is 5.82 Å². The highest BCUT2D eigenvalue weighted by atomic mass is 32.2. The van der Waals surface area contributed by atoms with E-state index in [0.29, 0.717) is 0 Å². The van der Waals surface area contributed by atoms with Gasteiger partial charge in [0.15, 0.2) is 11.1 Å². The van der Waals surface area contributed by atoms with Crippen LogP contribution in [0.15, 0.2) is 17.2 Å². The lowest BCUT2D eigenvalue weighted by Gasteiger charge is -2.01. The molecule has 0 saturated carbocycles. The highest BCUT2D eigenvalue weighted by Crippen LogP contribution is 2.18. The van der Waals surface area contributed by atoms with E-state index in [1.165, 1.54) is 13.3 Å². The molecular formula is C6H6FNO3S. The zero-order valence-electron chi connectivity index (χ0n) is 6.15. The first kappa shape index (κ1) is 9.08. The van der Waals surface area contributed by atoms with Gasteiger partial charge in [-0.05, 0) is 6.07 Å². The summed E-state index contributed by atoms with van der Waals surface area (Å²) in [6.07, 6.45) is 1.20. The quantitative estimate of drug-likeness (QED) is 0.703. The first-order valence-electron chi connectivity index (χ1n) is 2.96. The van der Waals surface area contributed by atoms with Crippen molar-refractivity contribution in [2.45, 2.75) is 4.90 Å². The number of hydrogen-bond donors (Lipinski definition) is 1. The van der Waals surface area contributed by atoms with Gasteiger partial charge >= 0.3 is 0 Å². The lowest BCUT2D eigenvalue weighted by molar-refractivity contribution is 0.362. The van der Waals surface area contributed by atoms with Crippen LogP contribution in [0.4, 0.5) is 4.39 Å². The Hall–Kier alpha value is -1.01. The maximum atomic E-state index is 13.0. The first-order chi connectivity index (χ1) is 5.66. The predicted octanol–water partition coefficient (Wildman–Crippen LogP) is 0.810.